The molecule has 0 unspecified atom stereocenters. The molecular weight excluding hydrogens is 302 g/mol. The molecule has 1 saturated heterocycles. The van der Waals surface area contributed by atoms with Crippen molar-refractivity contribution in [1.29, 1.82) is 0 Å². The summed E-state index contributed by atoms with van der Waals surface area (Å²) in [6.45, 7) is 4.24. The second-order valence-electron chi connectivity index (χ2n) is 4.98. The Morgan fingerprint density at radius 1 is 1.24 bits per heavy atom. The minimum Gasteiger partial charge on any atom is -0.480 e. The maximum absolute atomic E-state index is 12.0. The summed E-state index contributed by atoms with van der Waals surface area (Å²) in [6, 6.07) is 0. The molecule has 0 bridgehead atoms. The van der Waals surface area contributed by atoms with Gasteiger partial charge in [-0.05, 0) is 20.3 Å². The summed E-state index contributed by atoms with van der Waals surface area (Å²) in [5.74, 6) is -0.954. The van der Waals surface area contributed by atoms with Crippen molar-refractivity contribution in [2.24, 2.45) is 0 Å². The Bertz CT molecular complexity index is 478. The number of carboxylic acid groups (broad SMARTS) is 1. The van der Waals surface area contributed by atoms with Crippen LogP contribution in [0.25, 0.3) is 0 Å². The second-order valence-corrected chi connectivity index (χ2v) is 6.65. The van der Waals surface area contributed by atoms with E-state index in [1.165, 1.54) is 0 Å². The second kappa shape index (κ2) is 7.57. The van der Waals surface area contributed by atoms with Gasteiger partial charge in [0.15, 0.2) is 0 Å². The van der Waals surface area contributed by atoms with Crippen molar-refractivity contribution < 1.29 is 27.9 Å². The highest BCUT2D eigenvalue weighted by molar-refractivity contribution is 7.87. The molecule has 9 nitrogen and oxygen atoms in total. The van der Waals surface area contributed by atoms with Crippen LogP contribution in [-0.4, -0.2) is 73.6 Å². The van der Waals surface area contributed by atoms with Gasteiger partial charge in [0.2, 0.25) is 0 Å². The molecule has 1 amide bonds. The number of hydrogen-bond donors (Lipinski definition) is 2. The third-order valence-electron chi connectivity index (χ3n) is 2.80. The highest BCUT2D eigenvalue weighted by Gasteiger charge is 2.27. The first-order valence-corrected chi connectivity index (χ1v) is 8.07. The number of nitrogens with zero attached hydrogens (tertiary/aromatic N) is 2. The van der Waals surface area contributed by atoms with Crippen LogP contribution in [0.4, 0.5) is 4.79 Å². The molecule has 0 aliphatic carbocycles. The van der Waals surface area contributed by atoms with Gasteiger partial charge in [0, 0.05) is 26.2 Å². The number of carbonyl (C=O) groups is 2. The van der Waals surface area contributed by atoms with Gasteiger partial charge < -0.3 is 9.84 Å². The van der Waals surface area contributed by atoms with Crippen molar-refractivity contribution in [3.63, 3.8) is 0 Å². The summed E-state index contributed by atoms with van der Waals surface area (Å²) in [5.41, 5.74) is 0. The van der Waals surface area contributed by atoms with E-state index in [-0.39, 0.29) is 19.6 Å². The van der Waals surface area contributed by atoms with Gasteiger partial charge in [-0.3, -0.25) is 9.69 Å². The van der Waals surface area contributed by atoms with Crippen molar-refractivity contribution in [1.82, 2.24) is 13.9 Å². The van der Waals surface area contributed by atoms with Gasteiger partial charge >= 0.3 is 22.3 Å². The van der Waals surface area contributed by atoms with Crippen LogP contribution in [0.2, 0.25) is 0 Å². The predicted octanol–water partition coefficient (Wildman–Crippen LogP) is -0.542. The molecule has 0 aromatic heterocycles. The highest BCUT2D eigenvalue weighted by atomic mass is 32.2. The fraction of sp³-hybridized carbons (Fsp3) is 0.818. The molecule has 1 aliphatic heterocycles. The summed E-state index contributed by atoms with van der Waals surface area (Å²) in [5, 5.41) is 8.74. The van der Waals surface area contributed by atoms with Crippen LogP contribution in [-0.2, 0) is 19.7 Å². The molecule has 2 N–H and O–H groups in total. The minimum atomic E-state index is -3.97. The Morgan fingerprint density at radius 3 is 2.48 bits per heavy atom. The fourth-order valence-corrected chi connectivity index (χ4v) is 3.02. The van der Waals surface area contributed by atoms with Crippen LogP contribution in [0.15, 0.2) is 0 Å². The predicted molar refractivity (Wildman–Crippen MR) is 73.9 cm³/mol. The lowest BCUT2D eigenvalue weighted by Gasteiger charge is -2.21. The molecule has 0 aromatic rings. The first-order chi connectivity index (χ1) is 9.70. The molecule has 21 heavy (non-hydrogen) atoms. The molecule has 1 fully saturated rings. The maximum atomic E-state index is 12.0. The van der Waals surface area contributed by atoms with Gasteiger partial charge in [-0.15, -0.1) is 0 Å². The standard InChI is InChI=1S/C11H21N3O6S/c1-9(2)20-11(17)12-21(18,19)14-5-3-4-13(6-7-14)8-10(15)16/h9H,3-8H2,1-2H3,(H,12,17)(H,15,16). The van der Waals surface area contributed by atoms with Crippen molar-refractivity contribution in [3.8, 4) is 0 Å². The van der Waals surface area contributed by atoms with Crippen molar-refractivity contribution in [2.45, 2.75) is 26.4 Å². The normalized spacial score (nSPS) is 18.2. The molecule has 122 valence electrons. The Balaban J connectivity index is 2.59. The smallest absolute Gasteiger partial charge is 0.422 e. The number of amides is 1. The summed E-state index contributed by atoms with van der Waals surface area (Å²) in [7, 11) is -3.97. The Morgan fingerprint density at radius 2 is 1.90 bits per heavy atom. The van der Waals surface area contributed by atoms with E-state index in [4.69, 9.17) is 9.84 Å². The van der Waals surface area contributed by atoms with E-state index in [1.807, 2.05) is 4.72 Å². The van der Waals surface area contributed by atoms with Crippen molar-refractivity contribution >= 4 is 22.3 Å². The molecule has 0 atom stereocenters. The van der Waals surface area contributed by atoms with E-state index in [2.05, 4.69) is 0 Å². The number of aliphatic carboxylic acids is 1. The van der Waals surface area contributed by atoms with E-state index < -0.39 is 28.4 Å². The van der Waals surface area contributed by atoms with Crippen LogP contribution in [0.3, 0.4) is 0 Å². The third kappa shape index (κ3) is 6.27. The monoisotopic (exact) mass is 323 g/mol. The number of carboxylic acids is 1. The molecule has 0 saturated carbocycles. The Labute approximate surface area is 124 Å². The number of rotatable bonds is 5. The van der Waals surface area contributed by atoms with E-state index in [1.54, 1.807) is 18.7 Å². The van der Waals surface area contributed by atoms with Crippen LogP contribution >= 0.6 is 0 Å². The van der Waals surface area contributed by atoms with Crippen LogP contribution < -0.4 is 4.72 Å². The van der Waals surface area contributed by atoms with E-state index in [0.717, 1.165) is 4.31 Å². The zero-order valence-electron chi connectivity index (χ0n) is 12.1. The van der Waals surface area contributed by atoms with Gasteiger partial charge in [0.25, 0.3) is 0 Å². The lowest BCUT2D eigenvalue weighted by Crippen LogP contribution is -2.45. The number of ether oxygens (including phenoxy) is 1. The van der Waals surface area contributed by atoms with Gasteiger partial charge in [-0.1, -0.05) is 0 Å². The Hall–Kier alpha value is -1.39. The largest absolute Gasteiger partial charge is 0.480 e. The molecule has 0 spiro atoms. The van der Waals surface area contributed by atoms with E-state index >= 15 is 0 Å². The zero-order chi connectivity index (χ0) is 16.0. The molecule has 10 heteroatoms. The summed E-state index contributed by atoms with van der Waals surface area (Å²) < 4.78 is 31.8. The minimum absolute atomic E-state index is 0.123. The lowest BCUT2D eigenvalue weighted by molar-refractivity contribution is -0.138. The molecule has 1 heterocycles. The topological polar surface area (TPSA) is 116 Å². The summed E-state index contributed by atoms with van der Waals surface area (Å²) >= 11 is 0. The molecule has 1 rings (SSSR count). The fourth-order valence-electron chi connectivity index (χ4n) is 1.94. The molecular formula is C11H21N3O6S. The molecule has 1 aliphatic rings. The summed E-state index contributed by atoms with van der Waals surface area (Å²) in [4.78, 5) is 23.7. The third-order valence-corrected chi connectivity index (χ3v) is 4.27. The van der Waals surface area contributed by atoms with Crippen molar-refractivity contribution in [3.05, 3.63) is 0 Å². The number of nitrogens with one attached hydrogen (secondary N) is 1. The van der Waals surface area contributed by atoms with Gasteiger partial charge in [0.05, 0.1) is 12.6 Å². The molecule has 0 radical (unpaired) electrons. The molecule has 0 aromatic carbocycles. The van der Waals surface area contributed by atoms with Crippen LogP contribution in [0, 0.1) is 0 Å². The zero-order valence-corrected chi connectivity index (χ0v) is 12.9. The maximum Gasteiger partial charge on any atom is 0.422 e. The van der Waals surface area contributed by atoms with E-state index in [9.17, 15) is 18.0 Å². The Kier molecular flexibility index (Phi) is 6.37. The first kappa shape index (κ1) is 17.7. The average Bonchev–Trinajstić information content (AvgIpc) is 2.52. The van der Waals surface area contributed by atoms with Crippen molar-refractivity contribution in [2.75, 3.05) is 32.7 Å². The van der Waals surface area contributed by atoms with Crippen LogP contribution in [0.1, 0.15) is 20.3 Å². The van der Waals surface area contributed by atoms with Gasteiger partial charge in [0.1, 0.15) is 0 Å². The van der Waals surface area contributed by atoms with Crippen LogP contribution in [0.5, 0.6) is 0 Å². The quantitative estimate of drug-likeness (QED) is 0.698. The highest BCUT2D eigenvalue weighted by Crippen LogP contribution is 2.07. The SMILES string of the molecule is CC(C)OC(=O)NS(=O)(=O)N1CCCN(CC(=O)O)CC1. The average molecular weight is 323 g/mol. The number of carbonyl (C=O) groups excluding carboxylic acids is 1. The lowest BCUT2D eigenvalue weighted by atomic mass is 10.4. The summed E-state index contributed by atoms with van der Waals surface area (Å²) in [6.07, 6.45) is -0.944. The van der Waals surface area contributed by atoms with E-state index in [0.29, 0.717) is 19.5 Å². The first-order valence-electron chi connectivity index (χ1n) is 6.63. The number of hydrogen-bond acceptors (Lipinski definition) is 6. The van der Waals surface area contributed by atoms with Gasteiger partial charge in [-0.25, -0.2) is 9.52 Å². The van der Waals surface area contributed by atoms with Gasteiger partial charge in [-0.2, -0.15) is 12.7 Å².